The Morgan fingerprint density at radius 3 is 2.29 bits per heavy atom. The van der Waals surface area contributed by atoms with Crippen LogP contribution in [0.3, 0.4) is 0 Å². The molecule has 0 saturated carbocycles. The highest BCUT2D eigenvalue weighted by molar-refractivity contribution is 6.36. The molecular weight excluding hydrogens is 576 g/mol. The van der Waals surface area contributed by atoms with E-state index in [1.165, 1.54) is 18.2 Å². The second kappa shape index (κ2) is 11.7. The molecule has 0 fully saturated rings. The van der Waals surface area contributed by atoms with Crippen LogP contribution in [0.4, 0.5) is 13.2 Å². The number of aromatic nitrogens is 2. The van der Waals surface area contributed by atoms with Crippen molar-refractivity contribution in [1.82, 2.24) is 9.55 Å². The second-order valence-electron chi connectivity index (χ2n) is 9.19. The van der Waals surface area contributed by atoms with E-state index in [1.807, 2.05) is 10.8 Å². The van der Waals surface area contributed by atoms with E-state index in [2.05, 4.69) is 0 Å². The third-order valence-corrected chi connectivity index (χ3v) is 6.91. The molecule has 5 nitrogen and oxygen atoms in total. The first kappa shape index (κ1) is 28.3. The van der Waals surface area contributed by atoms with E-state index in [4.69, 9.17) is 32.9 Å². The maximum absolute atomic E-state index is 13.1. The van der Waals surface area contributed by atoms with Crippen LogP contribution in [0.1, 0.15) is 27.3 Å². The minimum absolute atomic E-state index is 0.0846. The summed E-state index contributed by atoms with van der Waals surface area (Å²) < 4.78 is 47.2. The van der Waals surface area contributed by atoms with Gasteiger partial charge in [0.1, 0.15) is 18.2 Å². The normalized spacial score (nSPS) is 11.4. The Bertz CT molecular complexity index is 1700. The monoisotopic (exact) mass is 596 g/mol. The van der Waals surface area contributed by atoms with E-state index in [1.54, 1.807) is 60.7 Å². The van der Waals surface area contributed by atoms with Gasteiger partial charge in [-0.2, -0.15) is 13.2 Å². The average Bonchev–Trinajstić information content (AvgIpc) is 3.34. The van der Waals surface area contributed by atoms with Crippen molar-refractivity contribution in [2.24, 2.45) is 0 Å². The number of ether oxygens (including phenoxy) is 1. The zero-order valence-corrected chi connectivity index (χ0v) is 22.7. The topological polar surface area (TPSA) is 64.3 Å². The van der Waals surface area contributed by atoms with Crippen LogP contribution in [-0.4, -0.2) is 20.6 Å². The Balaban J connectivity index is 1.38. The zero-order valence-electron chi connectivity index (χ0n) is 21.2. The number of nitrogens with zero attached hydrogens (tertiary/aromatic N) is 2. The van der Waals surface area contributed by atoms with Gasteiger partial charge in [0.2, 0.25) is 0 Å². The summed E-state index contributed by atoms with van der Waals surface area (Å²) in [7, 11) is 0. The van der Waals surface area contributed by atoms with Crippen molar-refractivity contribution in [3.8, 4) is 28.1 Å². The Labute approximate surface area is 243 Å². The standard InChI is InChI=1S/C31H21Cl2F3N2O3/c32-24-10-13-26(27(33)15-24)28-17-38(16-19-4-6-21(7-5-19)30(39)40)29(37-28)18-41-25-11-8-20(9-12-25)22-2-1-3-23(14-22)31(34,35)36/h1-15,17H,16,18H2,(H,39,40). The number of carboxylic acids is 1. The summed E-state index contributed by atoms with van der Waals surface area (Å²) in [4.78, 5) is 16.0. The fourth-order valence-corrected chi connectivity index (χ4v) is 4.75. The first-order chi connectivity index (χ1) is 19.6. The molecule has 0 saturated heterocycles. The third kappa shape index (κ3) is 6.73. The van der Waals surface area contributed by atoms with Crippen molar-refractivity contribution < 1.29 is 27.8 Å². The largest absolute Gasteiger partial charge is 0.486 e. The van der Waals surface area contributed by atoms with Crippen LogP contribution < -0.4 is 4.74 Å². The van der Waals surface area contributed by atoms with E-state index < -0.39 is 17.7 Å². The lowest BCUT2D eigenvalue weighted by atomic mass is 10.0. The van der Waals surface area contributed by atoms with Gasteiger partial charge < -0.3 is 14.4 Å². The molecule has 0 atom stereocenters. The van der Waals surface area contributed by atoms with Crippen LogP contribution in [-0.2, 0) is 19.3 Å². The molecule has 5 aromatic rings. The predicted molar refractivity (Wildman–Crippen MR) is 151 cm³/mol. The summed E-state index contributed by atoms with van der Waals surface area (Å²) in [6.07, 6.45) is -2.59. The summed E-state index contributed by atoms with van der Waals surface area (Å²) in [5.74, 6) is 0.0782. The van der Waals surface area contributed by atoms with Crippen LogP contribution in [0.25, 0.3) is 22.4 Å². The van der Waals surface area contributed by atoms with Gasteiger partial charge in [-0.25, -0.2) is 9.78 Å². The maximum Gasteiger partial charge on any atom is 0.416 e. The highest BCUT2D eigenvalue weighted by Crippen LogP contribution is 2.33. The van der Waals surface area contributed by atoms with Gasteiger partial charge in [-0.3, -0.25) is 0 Å². The molecule has 208 valence electrons. The molecule has 0 amide bonds. The number of carbonyl (C=O) groups is 1. The van der Waals surface area contributed by atoms with Crippen LogP contribution in [0, 0.1) is 0 Å². The molecule has 0 unspecified atom stereocenters. The van der Waals surface area contributed by atoms with Crippen LogP contribution in [0.2, 0.25) is 10.0 Å². The van der Waals surface area contributed by atoms with Gasteiger partial charge in [-0.15, -0.1) is 0 Å². The highest BCUT2D eigenvalue weighted by atomic mass is 35.5. The smallest absolute Gasteiger partial charge is 0.416 e. The van der Waals surface area contributed by atoms with E-state index in [0.717, 1.165) is 17.7 Å². The summed E-state index contributed by atoms with van der Waals surface area (Å²) in [6.45, 7) is 0.479. The minimum atomic E-state index is -4.42. The van der Waals surface area contributed by atoms with Gasteiger partial charge in [-0.05, 0) is 71.3 Å². The number of hydrogen-bond acceptors (Lipinski definition) is 3. The van der Waals surface area contributed by atoms with Crippen molar-refractivity contribution in [1.29, 1.82) is 0 Å². The molecule has 0 radical (unpaired) electrons. The van der Waals surface area contributed by atoms with Gasteiger partial charge in [0, 0.05) is 23.3 Å². The Morgan fingerprint density at radius 1 is 0.902 bits per heavy atom. The lowest BCUT2D eigenvalue weighted by Gasteiger charge is -2.11. The number of aromatic carboxylic acids is 1. The van der Waals surface area contributed by atoms with Crippen LogP contribution >= 0.6 is 23.2 Å². The maximum atomic E-state index is 13.1. The summed E-state index contributed by atoms with van der Waals surface area (Å²) in [5.41, 5.74) is 2.68. The molecule has 1 N–H and O–H groups in total. The van der Waals surface area contributed by atoms with Gasteiger partial charge >= 0.3 is 12.1 Å². The van der Waals surface area contributed by atoms with Gasteiger partial charge in [0.25, 0.3) is 0 Å². The van der Waals surface area contributed by atoms with E-state index in [-0.39, 0.29) is 12.2 Å². The average molecular weight is 597 g/mol. The molecular formula is C31H21Cl2F3N2O3. The number of carboxylic acid groups (broad SMARTS) is 1. The summed E-state index contributed by atoms with van der Waals surface area (Å²) in [6, 6.07) is 23.6. The predicted octanol–water partition coefficient (Wildman–Crippen LogP) is 8.87. The van der Waals surface area contributed by atoms with Crippen molar-refractivity contribution in [2.45, 2.75) is 19.3 Å². The molecule has 0 aliphatic rings. The Morgan fingerprint density at radius 2 is 1.63 bits per heavy atom. The van der Waals surface area contributed by atoms with Gasteiger partial charge in [0.05, 0.1) is 21.8 Å². The molecule has 4 aromatic carbocycles. The first-order valence-electron chi connectivity index (χ1n) is 12.3. The lowest BCUT2D eigenvalue weighted by molar-refractivity contribution is -0.137. The number of hydrogen-bond donors (Lipinski definition) is 1. The van der Waals surface area contributed by atoms with Crippen molar-refractivity contribution in [2.75, 3.05) is 0 Å². The second-order valence-corrected chi connectivity index (χ2v) is 10.0. The molecule has 10 heteroatoms. The molecule has 0 aliphatic carbocycles. The fraction of sp³-hybridized carbons (Fsp3) is 0.0968. The molecule has 0 bridgehead atoms. The number of benzene rings is 4. The van der Waals surface area contributed by atoms with Crippen LogP contribution in [0.5, 0.6) is 5.75 Å². The van der Waals surface area contributed by atoms with Crippen molar-refractivity contribution >= 4 is 29.2 Å². The quantitative estimate of drug-likeness (QED) is 0.194. The number of imidazole rings is 1. The molecule has 1 heterocycles. The van der Waals surface area contributed by atoms with E-state index in [0.29, 0.717) is 50.5 Å². The first-order valence-corrected chi connectivity index (χ1v) is 13.1. The Kier molecular flexibility index (Phi) is 8.06. The summed E-state index contributed by atoms with van der Waals surface area (Å²) in [5, 5.41) is 10.1. The van der Waals surface area contributed by atoms with E-state index in [9.17, 15) is 23.1 Å². The molecule has 5 rings (SSSR count). The van der Waals surface area contributed by atoms with E-state index >= 15 is 0 Å². The molecule has 1 aromatic heterocycles. The van der Waals surface area contributed by atoms with Crippen molar-refractivity contribution in [3.05, 3.63) is 130 Å². The van der Waals surface area contributed by atoms with Gasteiger partial charge in [0.15, 0.2) is 0 Å². The van der Waals surface area contributed by atoms with Crippen molar-refractivity contribution in [3.63, 3.8) is 0 Å². The van der Waals surface area contributed by atoms with Gasteiger partial charge in [-0.1, -0.05) is 59.6 Å². The highest BCUT2D eigenvalue weighted by Gasteiger charge is 2.30. The third-order valence-electron chi connectivity index (χ3n) is 6.37. The lowest BCUT2D eigenvalue weighted by Crippen LogP contribution is -2.08. The molecule has 41 heavy (non-hydrogen) atoms. The molecule has 0 aliphatic heterocycles. The summed E-state index contributed by atoms with van der Waals surface area (Å²) >= 11 is 12.5. The zero-order chi connectivity index (χ0) is 29.1. The number of halogens is 5. The number of rotatable bonds is 8. The van der Waals surface area contributed by atoms with Crippen LogP contribution in [0.15, 0.2) is 97.2 Å². The SMILES string of the molecule is O=C(O)c1ccc(Cn2cc(-c3ccc(Cl)cc3Cl)nc2COc2ccc(-c3cccc(C(F)(F)F)c3)cc2)cc1. The minimum Gasteiger partial charge on any atom is -0.486 e. The molecule has 0 spiro atoms. The Hall–Kier alpha value is -4.27. The number of alkyl halides is 3. The fourth-order valence-electron chi connectivity index (χ4n) is 4.25.